The van der Waals surface area contributed by atoms with Crippen molar-refractivity contribution in [2.45, 2.75) is 11.3 Å². The van der Waals surface area contributed by atoms with Crippen LogP contribution in [0, 0.1) is 0 Å². The van der Waals surface area contributed by atoms with E-state index in [4.69, 9.17) is 27.9 Å². The second kappa shape index (κ2) is 4.67. The summed E-state index contributed by atoms with van der Waals surface area (Å²) in [7, 11) is 0. The smallest absolute Gasteiger partial charge is 0.302 e. The van der Waals surface area contributed by atoms with Gasteiger partial charge in [-0.3, -0.25) is 4.79 Å². The highest BCUT2D eigenvalue weighted by molar-refractivity contribution is 6.48. The molecule has 0 heterocycles. The summed E-state index contributed by atoms with van der Waals surface area (Å²) in [5.41, 5.74) is 0.713. The summed E-state index contributed by atoms with van der Waals surface area (Å²) < 4.78 is 3.58. The summed E-state index contributed by atoms with van der Waals surface area (Å²) in [4.78, 5) is 10.6. The van der Waals surface area contributed by atoms with Gasteiger partial charge in [-0.25, -0.2) is 0 Å². The first-order valence-corrected chi connectivity index (χ1v) is 4.85. The molecule has 76 valence electrons. The number of hydrogen-bond acceptors (Lipinski definition) is 2. The predicted octanol–water partition coefficient (Wildman–Crippen LogP) is 2.88. The first-order valence-electron chi connectivity index (χ1n) is 4.09. The molecule has 0 N–H and O–H groups in total. The molecule has 0 aliphatic carbocycles. The molecule has 4 heteroatoms. The fourth-order valence-corrected chi connectivity index (χ4v) is 1.32. The Hall–Kier alpha value is -0.730. The molecule has 0 unspecified atom stereocenters. The van der Waals surface area contributed by atoms with Crippen molar-refractivity contribution >= 4 is 29.2 Å². The molecule has 0 saturated heterocycles. The van der Waals surface area contributed by atoms with Gasteiger partial charge in [0.15, 0.2) is 4.33 Å². The Kier molecular flexibility index (Phi) is 3.78. The zero-order chi connectivity index (χ0) is 10.6. The van der Waals surface area contributed by atoms with Crippen LogP contribution in [0.3, 0.4) is 0 Å². The molecule has 14 heavy (non-hydrogen) atoms. The summed E-state index contributed by atoms with van der Waals surface area (Å²) >= 11 is 12.0. The molecule has 0 bridgehead atoms. The first kappa shape index (κ1) is 11.3. The normalized spacial score (nSPS) is 11.1. The molecule has 1 rings (SSSR count). The molecule has 0 aromatic heterocycles. The maximum Gasteiger partial charge on any atom is 0.302 e. The van der Waals surface area contributed by atoms with E-state index in [9.17, 15) is 4.79 Å². The lowest BCUT2D eigenvalue weighted by Crippen LogP contribution is -2.20. The lowest BCUT2D eigenvalue weighted by molar-refractivity contribution is -0.141. The Balaban J connectivity index is 2.70. The van der Waals surface area contributed by atoms with Crippen molar-refractivity contribution in [2.75, 3.05) is 6.61 Å². The van der Waals surface area contributed by atoms with E-state index in [1.54, 1.807) is 12.1 Å². The number of esters is 1. The van der Waals surface area contributed by atoms with Crippen LogP contribution in [0.15, 0.2) is 30.3 Å². The van der Waals surface area contributed by atoms with Crippen LogP contribution in [-0.4, -0.2) is 12.6 Å². The van der Waals surface area contributed by atoms with E-state index < -0.39 is 10.3 Å². The van der Waals surface area contributed by atoms with Crippen LogP contribution < -0.4 is 0 Å². The standard InChI is InChI=1S/C10H10Cl2O2/c1-8(13)14-7-10(11,12)9-5-3-2-4-6-9/h2-6H,7H2,1H3. The average Bonchev–Trinajstić information content (AvgIpc) is 2.16. The minimum Gasteiger partial charge on any atom is -0.462 e. The van der Waals surface area contributed by atoms with Crippen molar-refractivity contribution in [3.63, 3.8) is 0 Å². The van der Waals surface area contributed by atoms with Crippen molar-refractivity contribution in [2.24, 2.45) is 0 Å². The third kappa shape index (κ3) is 3.20. The summed E-state index contributed by atoms with van der Waals surface area (Å²) in [6.07, 6.45) is 0. The third-order valence-electron chi connectivity index (χ3n) is 1.65. The SMILES string of the molecule is CC(=O)OCC(Cl)(Cl)c1ccccc1. The van der Waals surface area contributed by atoms with Crippen LogP contribution in [-0.2, 0) is 13.9 Å². The van der Waals surface area contributed by atoms with E-state index in [0.717, 1.165) is 0 Å². The van der Waals surface area contributed by atoms with Gasteiger partial charge in [0.1, 0.15) is 6.61 Å². The van der Waals surface area contributed by atoms with Crippen molar-refractivity contribution in [3.8, 4) is 0 Å². The summed E-state index contributed by atoms with van der Waals surface area (Å²) in [5.74, 6) is -0.397. The number of hydrogen-bond donors (Lipinski definition) is 0. The van der Waals surface area contributed by atoms with E-state index in [2.05, 4.69) is 0 Å². The van der Waals surface area contributed by atoms with Crippen molar-refractivity contribution in [1.82, 2.24) is 0 Å². The van der Waals surface area contributed by atoms with Crippen molar-refractivity contribution in [1.29, 1.82) is 0 Å². The predicted molar refractivity (Wildman–Crippen MR) is 56.5 cm³/mol. The fraction of sp³-hybridized carbons (Fsp3) is 0.300. The van der Waals surface area contributed by atoms with Crippen molar-refractivity contribution < 1.29 is 9.53 Å². The van der Waals surface area contributed by atoms with Crippen LogP contribution in [0.25, 0.3) is 0 Å². The van der Waals surface area contributed by atoms with Gasteiger partial charge >= 0.3 is 5.97 Å². The number of carbonyl (C=O) groups excluding carboxylic acids is 1. The second-order valence-electron chi connectivity index (χ2n) is 2.85. The first-order chi connectivity index (χ1) is 6.52. The maximum absolute atomic E-state index is 10.6. The Morgan fingerprint density at radius 2 is 1.93 bits per heavy atom. The van der Waals surface area contributed by atoms with Crippen LogP contribution in [0.2, 0.25) is 0 Å². The molecular weight excluding hydrogens is 223 g/mol. The molecule has 0 amide bonds. The van der Waals surface area contributed by atoms with Crippen LogP contribution in [0.4, 0.5) is 0 Å². The molecule has 0 radical (unpaired) electrons. The van der Waals surface area contributed by atoms with Gasteiger partial charge in [0, 0.05) is 6.92 Å². The second-order valence-corrected chi connectivity index (χ2v) is 4.33. The Bertz CT molecular complexity index is 309. The third-order valence-corrected chi connectivity index (χ3v) is 2.31. The molecular formula is C10H10Cl2O2. The largest absolute Gasteiger partial charge is 0.462 e. The van der Waals surface area contributed by atoms with Crippen LogP contribution >= 0.6 is 23.2 Å². The van der Waals surface area contributed by atoms with Gasteiger partial charge in [-0.1, -0.05) is 53.5 Å². The lowest BCUT2D eigenvalue weighted by atomic mass is 10.1. The number of benzene rings is 1. The van der Waals surface area contributed by atoms with Gasteiger partial charge < -0.3 is 4.74 Å². The minimum absolute atomic E-state index is 0.0462. The summed E-state index contributed by atoms with van der Waals surface area (Å²) in [6, 6.07) is 9.07. The molecule has 2 nitrogen and oxygen atoms in total. The quantitative estimate of drug-likeness (QED) is 0.592. The number of alkyl halides is 2. The number of halogens is 2. The molecule has 0 saturated carbocycles. The molecule has 0 fully saturated rings. The van der Waals surface area contributed by atoms with E-state index >= 15 is 0 Å². The van der Waals surface area contributed by atoms with Crippen LogP contribution in [0.5, 0.6) is 0 Å². The van der Waals surface area contributed by atoms with Gasteiger partial charge in [-0.15, -0.1) is 0 Å². The van der Waals surface area contributed by atoms with Crippen molar-refractivity contribution in [3.05, 3.63) is 35.9 Å². The minimum atomic E-state index is -1.17. The Morgan fingerprint density at radius 1 is 1.36 bits per heavy atom. The molecule has 1 aromatic rings. The van der Waals surface area contributed by atoms with Gasteiger partial charge in [0.05, 0.1) is 0 Å². The van der Waals surface area contributed by atoms with Gasteiger partial charge in [-0.05, 0) is 5.56 Å². The summed E-state index contributed by atoms with van der Waals surface area (Å²) in [5, 5.41) is 0. The zero-order valence-electron chi connectivity index (χ0n) is 7.67. The topological polar surface area (TPSA) is 26.3 Å². The molecule has 0 spiro atoms. The summed E-state index contributed by atoms with van der Waals surface area (Å²) in [6.45, 7) is 1.27. The highest BCUT2D eigenvalue weighted by Gasteiger charge is 2.27. The number of ether oxygens (including phenoxy) is 1. The van der Waals surface area contributed by atoms with Gasteiger partial charge in [0.25, 0.3) is 0 Å². The van der Waals surface area contributed by atoms with Crippen LogP contribution in [0.1, 0.15) is 12.5 Å². The molecule has 0 aliphatic rings. The Labute approximate surface area is 92.8 Å². The maximum atomic E-state index is 10.6. The number of carbonyl (C=O) groups is 1. The van der Waals surface area contributed by atoms with Gasteiger partial charge in [-0.2, -0.15) is 0 Å². The van der Waals surface area contributed by atoms with E-state index in [1.807, 2.05) is 18.2 Å². The highest BCUT2D eigenvalue weighted by atomic mass is 35.5. The van der Waals surface area contributed by atoms with E-state index in [0.29, 0.717) is 5.56 Å². The molecule has 0 aliphatic heterocycles. The lowest BCUT2D eigenvalue weighted by Gasteiger charge is -2.19. The molecule has 0 atom stereocenters. The molecule has 1 aromatic carbocycles. The number of rotatable bonds is 3. The Morgan fingerprint density at radius 3 is 2.43 bits per heavy atom. The van der Waals surface area contributed by atoms with E-state index in [1.165, 1.54) is 6.92 Å². The monoisotopic (exact) mass is 232 g/mol. The van der Waals surface area contributed by atoms with Gasteiger partial charge in [0.2, 0.25) is 0 Å². The average molecular weight is 233 g/mol. The zero-order valence-corrected chi connectivity index (χ0v) is 9.18. The fourth-order valence-electron chi connectivity index (χ4n) is 0.958. The highest BCUT2D eigenvalue weighted by Crippen LogP contribution is 2.33. The van der Waals surface area contributed by atoms with E-state index in [-0.39, 0.29) is 6.61 Å².